The fourth-order valence-electron chi connectivity index (χ4n) is 1.82. The van der Waals surface area contributed by atoms with Crippen LogP contribution in [0.25, 0.3) is 0 Å². The fourth-order valence-corrected chi connectivity index (χ4v) is 1.82. The SMILES string of the molecule is NN1CCC[C@@H]1c1ccccc1. The van der Waals surface area contributed by atoms with E-state index in [1.165, 1.54) is 18.4 Å². The normalized spacial score (nSPS) is 24.6. The molecule has 0 radical (unpaired) electrons. The summed E-state index contributed by atoms with van der Waals surface area (Å²) >= 11 is 0. The maximum atomic E-state index is 5.84. The number of nitrogens with zero attached hydrogens (tertiary/aromatic N) is 1. The zero-order valence-electron chi connectivity index (χ0n) is 7.11. The quantitative estimate of drug-likeness (QED) is 0.637. The van der Waals surface area contributed by atoms with Crippen LogP contribution in [0, 0.1) is 0 Å². The molecule has 1 aromatic rings. The average molecular weight is 162 g/mol. The Morgan fingerprint density at radius 1 is 1.25 bits per heavy atom. The number of hydrogen-bond acceptors (Lipinski definition) is 2. The van der Waals surface area contributed by atoms with Crippen LogP contribution >= 0.6 is 0 Å². The molecule has 0 aromatic heterocycles. The molecule has 0 unspecified atom stereocenters. The van der Waals surface area contributed by atoms with Crippen molar-refractivity contribution in [2.24, 2.45) is 5.84 Å². The summed E-state index contributed by atoms with van der Waals surface area (Å²) in [4.78, 5) is 0. The molecule has 2 N–H and O–H groups in total. The molecule has 2 nitrogen and oxygen atoms in total. The molecule has 64 valence electrons. The van der Waals surface area contributed by atoms with Gasteiger partial charge in [-0.15, -0.1) is 0 Å². The molecule has 0 spiro atoms. The van der Waals surface area contributed by atoms with Crippen LogP contribution in [0.15, 0.2) is 30.3 Å². The summed E-state index contributed by atoms with van der Waals surface area (Å²) in [5.74, 6) is 5.84. The lowest BCUT2D eigenvalue weighted by Crippen LogP contribution is -2.29. The second kappa shape index (κ2) is 3.25. The van der Waals surface area contributed by atoms with Crippen LogP contribution in [0.1, 0.15) is 24.4 Å². The third-order valence-corrected chi connectivity index (χ3v) is 2.48. The average Bonchev–Trinajstić information content (AvgIpc) is 2.53. The first-order valence-electron chi connectivity index (χ1n) is 4.44. The monoisotopic (exact) mass is 162 g/mol. The smallest absolute Gasteiger partial charge is 0.0491 e. The molecule has 1 aromatic carbocycles. The molecule has 0 aliphatic carbocycles. The molecule has 1 aliphatic rings. The Labute approximate surface area is 73.0 Å². The van der Waals surface area contributed by atoms with Crippen LogP contribution in [0.5, 0.6) is 0 Å². The lowest BCUT2D eigenvalue weighted by Gasteiger charge is -2.18. The van der Waals surface area contributed by atoms with E-state index in [2.05, 4.69) is 24.3 Å². The van der Waals surface area contributed by atoms with Crippen molar-refractivity contribution in [3.8, 4) is 0 Å². The minimum absolute atomic E-state index is 0.450. The van der Waals surface area contributed by atoms with Crippen LogP contribution in [-0.2, 0) is 0 Å². The summed E-state index contributed by atoms with van der Waals surface area (Å²) in [5, 5.41) is 1.94. The van der Waals surface area contributed by atoms with Crippen LogP contribution in [0.3, 0.4) is 0 Å². The molecule has 0 saturated carbocycles. The highest BCUT2D eigenvalue weighted by molar-refractivity contribution is 5.19. The van der Waals surface area contributed by atoms with E-state index in [0.717, 1.165) is 6.54 Å². The predicted octanol–water partition coefficient (Wildman–Crippen LogP) is 1.70. The molecule has 1 heterocycles. The summed E-state index contributed by atoms with van der Waals surface area (Å²) in [7, 11) is 0. The highest BCUT2D eigenvalue weighted by Crippen LogP contribution is 2.28. The van der Waals surface area contributed by atoms with Gasteiger partial charge in [-0.25, -0.2) is 5.01 Å². The first-order chi connectivity index (χ1) is 5.88. The van der Waals surface area contributed by atoms with E-state index in [9.17, 15) is 0 Å². The Balaban J connectivity index is 2.19. The number of nitrogens with two attached hydrogens (primary N) is 1. The number of benzene rings is 1. The molecule has 1 saturated heterocycles. The van der Waals surface area contributed by atoms with E-state index in [1.807, 2.05) is 11.1 Å². The minimum atomic E-state index is 0.450. The van der Waals surface area contributed by atoms with Crippen LogP contribution in [-0.4, -0.2) is 11.6 Å². The van der Waals surface area contributed by atoms with Gasteiger partial charge < -0.3 is 0 Å². The summed E-state index contributed by atoms with van der Waals surface area (Å²) < 4.78 is 0. The molecule has 1 atom stereocenters. The molecular weight excluding hydrogens is 148 g/mol. The van der Waals surface area contributed by atoms with Gasteiger partial charge in [0.2, 0.25) is 0 Å². The summed E-state index contributed by atoms with van der Waals surface area (Å²) in [6, 6.07) is 10.9. The maximum Gasteiger partial charge on any atom is 0.0491 e. The van der Waals surface area contributed by atoms with Crippen molar-refractivity contribution in [3.63, 3.8) is 0 Å². The van der Waals surface area contributed by atoms with Gasteiger partial charge in [0.15, 0.2) is 0 Å². The van der Waals surface area contributed by atoms with Crippen molar-refractivity contribution in [2.45, 2.75) is 18.9 Å². The third-order valence-electron chi connectivity index (χ3n) is 2.48. The third kappa shape index (κ3) is 1.36. The minimum Gasteiger partial charge on any atom is -0.268 e. The van der Waals surface area contributed by atoms with Crippen LogP contribution in [0.2, 0.25) is 0 Å². The topological polar surface area (TPSA) is 29.3 Å². The summed E-state index contributed by atoms with van der Waals surface area (Å²) in [6.45, 7) is 1.03. The lowest BCUT2D eigenvalue weighted by molar-refractivity contribution is 0.266. The van der Waals surface area contributed by atoms with Crippen molar-refractivity contribution in [3.05, 3.63) is 35.9 Å². The van der Waals surface area contributed by atoms with Gasteiger partial charge in [0.1, 0.15) is 0 Å². The Morgan fingerprint density at radius 3 is 2.58 bits per heavy atom. The van der Waals surface area contributed by atoms with Gasteiger partial charge >= 0.3 is 0 Å². The van der Waals surface area contributed by atoms with Crippen LogP contribution in [0.4, 0.5) is 0 Å². The first kappa shape index (κ1) is 7.77. The van der Waals surface area contributed by atoms with E-state index < -0.39 is 0 Å². The molecule has 0 bridgehead atoms. The van der Waals surface area contributed by atoms with Crippen molar-refractivity contribution >= 4 is 0 Å². The van der Waals surface area contributed by atoms with E-state index in [0.29, 0.717) is 6.04 Å². The summed E-state index contributed by atoms with van der Waals surface area (Å²) in [6.07, 6.45) is 2.41. The Morgan fingerprint density at radius 2 is 2.00 bits per heavy atom. The highest BCUT2D eigenvalue weighted by Gasteiger charge is 2.22. The van der Waals surface area contributed by atoms with Crippen molar-refractivity contribution in [1.82, 2.24) is 5.01 Å². The predicted molar refractivity (Wildman–Crippen MR) is 49.3 cm³/mol. The number of hydrogen-bond donors (Lipinski definition) is 1. The lowest BCUT2D eigenvalue weighted by atomic mass is 10.1. The van der Waals surface area contributed by atoms with Gasteiger partial charge in [0.25, 0.3) is 0 Å². The number of rotatable bonds is 1. The van der Waals surface area contributed by atoms with Gasteiger partial charge in [-0.1, -0.05) is 30.3 Å². The zero-order valence-corrected chi connectivity index (χ0v) is 7.11. The van der Waals surface area contributed by atoms with Gasteiger partial charge in [0, 0.05) is 12.6 Å². The summed E-state index contributed by atoms with van der Waals surface area (Å²) in [5.41, 5.74) is 1.34. The molecule has 2 heteroatoms. The van der Waals surface area contributed by atoms with Gasteiger partial charge in [-0.2, -0.15) is 0 Å². The Hall–Kier alpha value is -0.860. The molecular formula is C10H14N2. The van der Waals surface area contributed by atoms with E-state index in [-0.39, 0.29) is 0 Å². The zero-order chi connectivity index (χ0) is 8.39. The molecule has 2 rings (SSSR count). The largest absolute Gasteiger partial charge is 0.268 e. The molecule has 1 fully saturated rings. The fraction of sp³-hybridized carbons (Fsp3) is 0.400. The second-order valence-electron chi connectivity index (χ2n) is 3.31. The van der Waals surface area contributed by atoms with E-state index >= 15 is 0 Å². The standard InChI is InChI=1S/C10H14N2/c11-12-8-4-7-10(12)9-5-2-1-3-6-9/h1-3,5-6,10H,4,7-8,11H2/t10-/m1/s1. The van der Waals surface area contributed by atoms with Gasteiger partial charge in [-0.3, -0.25) is 5.84 Å². The molecule has 12 heavy (non-hydrogen) atoms. The van der Waals surface area contributed by atoms with Crippen LogP contribution < -0.4 is 5.84 Å². The van der Waals surface area contributed by atoms with Gasteiger partial charge in [-0.05, 0) is 18.4 Å². The second-order valence-corrected chi connectivity index (χ2v) is 3.31. The maximum absolute atomic E-state index is 5.84. The molecule has 1 aliphatic heterocycles. The van der Waals surface area contributed by atoms with E-state index in [1.54, 1.807) is 0 Å². The highest BCUT2D eigenvalue weighted by atomic mass is 15.4. The van der Waals surface area contributed by atoms with Crippen molar-refractivity contribution in [1.29, 1.82) is 0 Å². The first-order valence-corrected chi connectivity index (χ1v) is 4.44. The Bertz CT molecular complexity index is 245. The van der Waals surface area contributed by atoms with Gasteiger partial charge in [0.05, 0.1) is 0 Å². The number of hydrazine groups is 1. The molecule has 0 amide bonds. The Kier molecular flexibility index (Phi) is 2.11. The van der Waals surface area contributed by atoms with E-state index in [4.69, 9.17) is 5.84 Å². The van der Waals surface area contributed by atoms with Crippen molar-refractivity contribution in [2.75, 3.05) is 6.54 Å². The van der Waals surface area contributed by atoms with Crippen molar-refractivity contribution < 1.29 is 0 Å².